The van der Waals surface area contributed by atoms with Crippen molar-refractivity contribution in [1.82, 2.24) is 5.43 Å². The Hall–Kier alpha value is -3.06. The van der Waals surface area contributed by atoms with Crippen LogP contribution in [0, 0.1) is 0 Å². The number of hydrazone groups is 1. The molecule has 3 rings (SSSR count). The van der Waals surface area contributed by atoms with Crippen molar-refractivity contribution in [3.8, 4) is 11.7 Å². The molecule has 3 aromatic rings. The second-order valence-corrected chi connectivity index (χ2v) is 6.33. The topological polar surface area (TPSA) is 73.1 Å². The largest absolute Gasteiger partial charge is 0.497 e. The maximum atomic E-state index is 12.0. The third-order valence-corrected chi connectivity index (χ3v) is 4.31. The van der Waals surface area contributed by atoms with E-state index in [9.17, 15) is 4.79 Å². The Morgan fingerprint density at radius 2 is 1.93 bits per heavy atom. The van der Waals surface area contributed by atoms with Crippen molar-refractivity contribution in [3.05, 3.63) is 82.0 Å². The van der Waals surface area contributed by atoms with E-state index < -0.39 is 0 Å². The van der Waals surface area contributed by atoms with E-state index in [1.807, 2.05) is 30.3 Å². The molecule has 7 heteroatoms. The summed E-state index contributed by atoms with van der Waals surface area (Å²) in [6.45, 7) is 0.368. The lowest BCUT2D eigenvalue weighted by Gasteiger charge is -2.04. The fourth-order valence-corrected chi connectivity index (χ4v) is 2.68. The van der Waals surface area contributed by atoms with Crippen LogP contribution in [0.15, 0.2) is 74.7 Å². The predicted molar refractivity (Wildman–Crippen MR) is 105 cm³/mol. The van der Waals surface area contributed by atoms with Gasteiger partial charge in [0.15, 0.2) is 5.76 Å². The zero-order valence-corrected chi connectivity index (χ0v) is 16.1. The number of rotatable bonds is 7. The minimum absolute atomic E-state index is 0.318. The average Bonchev–Trinajstić information content (AvgIpc) is 3.15. The van der Waals surface area contributed by atoms with Gasteiger partial charge in [-0.3, -0.25) is 4.79 Å². The SMILES string of the molecule is COc1ccc(COc2ccc(/C=N/NC(=O)c3ccccc3Br)o2)cc1. The molecule has 0 saturated carbocycles. The van der Waals surface area contributed by atoms with E-state index in [4.69, 9.17) is 13.9 Å². The highest BCUT2D eigenvalue weighted by Crippen LogP contribution is 2.18. The quantitative estimate of drug-likeness (QED) is 0.447. The molecule has 138 valence electrons. The van der Waals surface area contributed by atoms with Crippen LogP contribution in [0.5, 0.6) is 11.7 Å². The first kappa shape index (κ1) is 18.7. The van der Waals surface area contributed by atoms with Crippen LogP contribution in [0.3, 0.4) is 0 Å². The van der Waals surface area contributed by atoms with Gasteiger partial charge in [-0.1, -0.05) is 24.3 Å². The second kappa shape index (κ2) is 9.05. The van der Waals surface area contributed by atoms with Crippen LogP contribution < -0.4 is 14.9 Å². The van der Waals surface area contributed by atoms with Crippen LogP contribution in [-0.4, -0.2) is 19.2 Å². The molecule has 0 saturated heterocycles. The molecule has 1 aromatic heterocycles. The van der Waals surface area contributed by atoms with Gasteiger partial charge in [-0.15, -0.1) is 0 Å². The Kier molecular flexibility index (Phi) is 6.27. The van der Waals surface area contributed by atoms with E-state index in [-0.39, 0.29) is 5.91 Å². The molecule has 1 amide bonds. The number of benzene rings is 2. The number of halogens is 1. The van der Waals surface area contributed by atoms with E-state index >= 15 is 0 Å². The summed E-state index contributed by atoms with van der Waals surface area (Å²) < 4.78 is 16.9. The zero-order valence-electron chi connectivity index (χ0n) is 14.5. The van der Waals surface area contributed by atoms with Crippen molar-refractivity contribution in [1.29, 1.82) is 0 Å². The number of amides is 1. The summed E-state index contributed by atoms with van der Waals surface area (Å²) in [6.07, 6.45) is 1.41. The van der Waals surface area contributed by atoms with Crippen LogP contribution >= 0.6 is 15.9 Å². The first-order valence-electron chi connectivity index (χ1n) is 8.09. The summed E-state index contributed by atoms with van der Waals surface area (Å²) in [6, 6.07) is 18.1. The molecule has 0 radical (unpaired) electrons. The molecule has 2 aromatic carbocycles. The Morgan fingerprint density at radius 3 is 2.67 bits per heavy atom. The highest BCUT2D eigenvalue weighted by Gasteiger charge is 2.08. The van der Waals surface area contributed by atoms with Gasteiger partial charge in [-0.25, -0.2) is 5.43 Å². The molecular formula is C20H17BrN2O4. The van der Waals surface area contributed by atoms with Crippen LogP contribution in [0.1, 0.15) is 21.7 Å². The summed E-state index contributed by atoms with van der Waals surface area (Å²) in [4.78, 5) is 12.0. The second-order valence-electron chi connectivity index (χ2n) is 5.47. The third kappa shape index (κ3) is 5.21. The van der Waals surface area contributed by atoms with Crippen LogP contribution in [-0.2, 0) is 6.61 Å². The average molecular weight is 429 g/mol. The molecule has 0 bridgehead atoms. The Morgan fingerprint density at radius 1 is 1.15 bits per heavy atom. The van der Waals surface area contributed by atoms with Crippen molar-refractivity contribution in [2.24, 2.45) is 5.10 Å². The lowest BCUT2D eigenvalue weighted by Crippen LogP contribution is -2.17. The van der Waals surface area contributed by atoms with Gasteiger partial charge in [0.05, 0.1) is 18.9 Å². The van der Waals surface area contributed by atoms with Crippen LogP contribution in [0.2, 0.25) is 0 Å². The Balaban J connectivity index is 1.52. The number of nitrogens with one attached hydrogen (secondary N) is 1. The maximum absolute atomic E-state index is 12.0. The molecule has 27 heavy (non-hydrogen) atoms. The molecule has 0 spiro atoms. The minimum Gasteiger partial charge on any atom is -0.497 e. The van der Waals surface area contributed by atoms with Gasteiger partial charge >= 0.3 is 0 Å². The van der Waals surface area contributed by atoms with Crippen molar-refractivity contribution in [2.75, 3.05) is 7.11 Å². The highest BCUT2D eigenvalue weighted by molar-refractivity contribution is 9.10. The highest BCUT2D eigenvalue weighted by atomic mass is 79.9. The molecule has 0 aliphatic carbocycles. The van der Waals surface area contributed by atoms with E-state index in [1.165, 1.54) is 6.21 Å². The van der Waals surface area contributed by atoms with Gasteiger partial charge < -0.3 is 13.9 Å². The molecule has 0 unspecified atom stereocenters. The van der Waals surface area contributed by atoms with Crippen molar-refractivity contribution >= 4 is 28.1 Å². The molecule has 1 N–H and O–H groups in total. The number of ether oxygens (including phenoxy) is 2. The first-order valence-corrected chi connectivity index (χ1v) is 8.88. The minimum atomic E-state index is -0.318. The summed E-state index contributed by atoms with van der Waals surface area (Å²) in [7, 11) is 1.62. The fourth-order valence-electron chi connectivity index (χ4n) is 2.22. The fraction of sp³-hybridized carbons (Fsp3) is 0.100. The summed E-state index contributed by atoms with van der Waals surface area (Å²) >= 11 is 3.33. The number of nitrogens with zero attached hydrogens (tertiary/aromatic N) is 1. The number of methoxy groups -OCH3 is 1. The smallest absolute Gasteiger partial charge is 0.285 e. The third-order valence-electron chi connectivity index (χ3n) is 3.62. The lowest BCUT2D eigenvalue weighted by molar-refractivity contribution is 0.0954. The molecule has 0 aliphatic rings. The monoisotopic (exact) mass is 428 g/mol. The molecule has 1 heterocycles. The van der Waals surface area contributed by atoms with E-state index in [0.717, 1.165) is 11.3 Å². The van der Waals surface area contributed by atoms with E-state index in [2.05, 4.69) is 26.5 Å². The summed E-state index contributed by atoms with van der Waals surface area (Å²) in [5, 5.41) is 3.90. The van der Waals surface area contributed by atoms with Gasteiger partial charge in [0.25, 0.3) is 11.9 Å². The summed E-state index contributed by atoms with van der Waals surface area (Å²) in [5.74, 6) is 1.30. The van der Waals surface area contributed by atoms with Crippen molar-refractivity contribution in [3.63, 3.8) is 0 Å². The molecule has 0 fully saturated rings. The molecule has 6 nitrogen and oxygen atoms in total. The number of furan rings is 1. The standard InChI is InChI=1S/C20H17BrN2O4/c1-25-15-8-6-14(7-9-15)13-26-19-11-10-16(27-19)12-22-23-20(24)17-4-2-3-5-18(17)21/h2-12H,13H2,1H3,(H,23,24)/b22-12+. The Labute approximate surface area is 164 Å². The number of hydrogen-bond acceptors (Lipinski definition) is 5. The molecular weight excluding hydrogens is 412 g/mol. The molecule has 0 aliphatic heterocycles. The van der Waals surface area contributed by atoms with Gasteiger partial charge in [-0.2, -0.15) is 5.10 Å². The van der Waals surface area contributed by atoms with E-state index in [1.54, 1.807) is 37.4 Å². The zero-order chi connectivity index (χ0) is 19.1. The van der Waals surface area contributed by atoms with Crippen LogP contribution in [0.25, 0.3) is 0 Å². The Bertz CT molecular complexity index is 935. The number of hydrogen-bond donors (Lipinski definition) is 1. The summed E-state index contributed by atoms with van der Waals surface area (Å²) in [5.41, 5.74) is 3.94. The van der Waals surface area contributed by atoms with Gasteiger partial charge in [0, 0.05) is 10.5 Å². The normalized spacial score (nSPS) is 10.7. The van der Waals surface area contributed by atoms with Gasteiger partial charge in [0.2, 0.25) is 0 Å². The number of carbonyl (C=O) groups is 1. The predicted octanol–water partition coefficient (Wildman–Crippen LogP) is 4.39. The van der Waals surface area contributed by atoms with E-state index in [0.29, 0.717) is 28.3 Å². The maximum Gasteiger partial charge on any atom is 0.285 e. The number of carbonyl (C=O) groups excluding carboxylic acids is 1. The lowest BCUT2D eigenvalue weighted by atomic mass is 10.2. The molecule has 0 atom stereocenters. The van der Waals surface area contributed by atoms with Crippen molar-refractivity contribution < 1.29 is 18.7 Å². The van der Waals surface area contributed by atoms with Gasteiger partial charge in [0.1, 0.15) is 12.4 Å². The van der Waals surface area contributed by atoms with Gasteiger partial charge in [-0.05, 0) is 51.8 Å². The van der Waals surface area contributed by atoms with Crippen molar-refractivity contribution in [2.45, 2.75) is 6.61 Å². The first-order chi connectivity index (χ1) is 13.2. The van der Waals surface area contributed by atoms with Crippen LogP contribution in [0.4, 0.5) is 0 Å².